The van der Waals surface area contributed by atoms with E-state index >= 15 is 0 Å². The average molecular weight is 286 g/mol. The summed E-state index contributed by atoms with van der Waals surface area (Å²) in [6, 6.07) is 0. The zero-order valence-corrected chi connectivity index (χ0v) is 12.0. The first-order chi connectivity index (χ1) is 9.16. The Morgan fingerprint density at radius 1 is 1.37 bits per heavy atom. The van der Waals surface area contributed by atoms with E-state index in [0.717, 1.165) is 56.3 Å². The van der Waals surface area contributed by atoms with Crippen molar-refractivity contribution in [2.45, 2.75) is 57.2 Å². The van der Waals surface area contributed by atoms with Crippen molar-refractivity contribution in [3.8, 4) is 0 Å². The lowest BCUT2D eigenvalue weighted by Gasteiger charge is -2.29. The van der Waals surface area contributed by atoms with Crippen LogP contribution in [0.3, 0.4) is 0 Å². The highest BCUT2D eigenvalue weighted by Crippen LogP contribution is 2.48. The van der Waals surface area contributed by atoms with E-state index in [1.807, 2.05) is 11.8 Å². The molecule has 0 spiro atoms. The van der Waals surface area contributed by atoms with Crippen molar-refractivity contribution < 1.29 is 19.4 Å². The minimum Gasteiger partial charge on any atom is -0.481 e. The number of aliphatic carboxylic acids is 1. The molecular formula is C14H22O4S. The Bertz CT molecular complexity index is 333. The van der Waals surface area contributed by atoms with E-state index in [4.69, 9.17) is 9.84 Å². The Morgan fingerprint density at radius 3 is 2.79 bits per heavy atom. The Kier molecular flexibility index (Phi) is 5.28. The average Bonchev–Trinajstić information content (AvgIpc) is 2.98. The van der Waals surface area contributed by atoms with Crippen molar-refractivity contribution in [1.29, 1.82) is 0 Å². The van der Waals surface area contributed by atoms with Gasteiger partial charge in [0.25, 0.3) is 0 Å². The summed E-state index contributed by atoms with van der Waals surface area (Å²) in [6.45, 7) is 0. The third-order valence-electron chi connectivity index (χ3n) is 4.23. The number of unbranched alkanes of at least 4 members (excludes halogenated alkanes) is 1. The normalized spacial score (nSPS) is 32.6. The Balaban J connectivity index is 1.60. The van der Waals surface area contributed by atoms with Gasteiger partial charge in [0.05, 0.1) is 17.6 Å². The number of carboxylic acid groups (broad SMARTS) is 1. The molecule has 0 saturated carbocycles. The van der Waals surface area contributed by atoms with Crippen LogP contribution in [-0.4, -0.2) is 41.1 Å². The first-order valence-electron chi connectivity index (χ1n) is 7.07. The van der Waals surface area contributed by atoms with Crippen molar-refractivity contribution in [3.63, 3.8) is 0 Å². The van der Waals surface area contributed by atoms with E-state index in [0.29, 0.717) is 6.10 Å². The molecule has 5 heteroatoms. The molecular weight excluding hydrogens is 264 g/mol. The highest BCUT2D eigenvalue weighted by molar-refractivity contribution is 7.99. The van der Waals surface area contributed by atoms with Gasteiger partial charge in [-0.25, -0.2) is 0 Å². The lowest BCUT2D eigenvalue weighted by molar-refractivity contribution is -0.137. The SMILES string of the molecule is O=CC1(CCSCCCCC(=O)O)CC2CCC1O2. The molecule has 3 atom stereocenters. The summed E-state index contributed by atoms with van der Waals surface area (Å²) in [6.07, 6.45) is 7.50. The van der Waals surface area contributed by atoms with Gasteiger partial charge in [0.1, 0.15) is 6.29 Å². The molecule has 0 aromatic rings. The number of carbonyl (C=O) groups excluding carboxylic acids is 1. The van der Waals surface area contributed by atoms with E-state index in [1.165, 1.54) is 0 Å². The second kappa shape index (κ2) is 6.75. The van der Waals surface area contributed by atoms with Gasteiger partial charge in [0.2, 0.25) is 0 Å². The Hall–Kier alpha value is -0.550. The van der Waals surface area contributed by atoms with E-state index in [9.17, 15) is 9.59 Å². The third-order valence-corrected chi connectivity index (χ3v) is 5.30. The molecule has 2 heterocycles. The van der Waals surface area contributed by atoms with E-state index in [1.54, 1.807) is 0 Å². The minimum atomic E-state index is -0.718. The maximum atomic E-state index is 11.4. The molecule has 2 saturated heterocycles. The second-order valence-electron chi connectivity index (χ2n) is 5.59. The zero-order chi connectivity index (χ0) is 13.7. The highest BCUT2D eigenvalue weighted by Gasteiger charge is 2.51. The van der Waals surface area contributed by atoms with Crippen molar-refractivity contribution >= 4 is 24.0 Å². The lowest BCUT2D eigenvalue weighted by atomic mass is 9.73. The number of hydrogen-bond donors (Lipinski definition) is 1. The fourth-order valence-electron chi connectivity index (χ4n) is 3.12. The minimum absolute atomic E-state index is 0.155. The van der Waals surface area contributed by atoms with Crippen LogP contribution in [0, 0.1) is 5.41 Å². The zero-order valence-electron chi connectivity index (χ0n) is 11.2. The quantitative estimate of drug-likeness (QED) is 0.521. The first kappa shape index (κ1) is 14.9. The van der Waals surface area contributed by atoms with Crippen molar-refractivity contribution in [3.05, 3.63) is 0 Å². The van der Waals surface area contributed by atoms with Crippen LogP contribution >= 0.6 is 11.8 Å². The maximum Gasteiger partial charge on any atom is 0.303 e. The summed E-state index contributed by atoms with van der Waals surface area (Å²) >= 11 is 1.83. The standard InChI is InChI=1S/C14H22O4S/c15-10-14(9-11-4-5-12(14)18-11)6-8-19-7-2-1-3-13(16)17/h10-12H,1-9H2,(H,16,17). The third kappa shape index (κ3) is 3.72. The van der Waals surface area contributed by atoms with Crippen LogP contribution < -0.4 is 0 Å². The maximum absolute atomic E-state index is 11.4. The summed E-state index contributed by atoms with van der Waals surface area (Å²) in [5.74, 6) is 1.24. The molecule has 19 heavy (non-hydrogen) atoms. The van der Waals surface area contributed by atoms with Crippen LogP contribution in [0.2, 0.25) is 0 Å². The summed E-state index contributed by atoms with van der Waals surface area (Å²) < 4.78 is 5.80. The van der Waals surface area contributed by atoms with E-state index in [2.05, 4.69) is 0 Å². The highest BCUT2D eigenvalue weighted by atomic mass is 32.2. The number of fused-ring (bicyclic) bond motifs is 2. The van der Waals surface area contributed by atoms with Crippen LogP contribution in [0.25, 0.3) is 0 Å². The van der Waals surface area contributed by atoms with Crippen LogP contribution in [0.5, 0.6) is 0 Å². The number of ether oxygens (including phenoxy) is 1. The van der Waals surface area contributed by atoms with Gasteiger partial charge in [-0.2, -0.15) is 11.8 Å². The first-order valence-corrected chi connectivity index (χ1v) is 8.23. The van der Waals surface area contributed by atoms with Crippen LogP contribution in [0.15, 0.2) is 0 Å². The molecule has 0 aromatic carbocycles. The molecule has 2 rings (SSSR count). The number of aldehydes is 1. The van der Waals surface area contributed by atoms with Gasteiger partial charge in [0, 0.05) is 6.42 Å². The predicted molar refractivity (Wildman–Crippen MR) is 74.4 cm³/mol. The molecule has 0 radical (unpaired) electrons. The topological polar surface area (TPSA) is 63.6 Å². The van der Waals surface area contributed by atoms with Crippen LogP contribution in [-0.2, 0) is 14.3 Å². The number of rotatable bonds is 9. The molecule has 2 aliphatic heterocycles. The summed E-state index contributed by atoms with van der Waals surface area (Å²) in [5, 5.41) is 8.53. The largest absolute Gasteiger partial charge is 0.481 e. The molecule has 0 aliphatic carbocycles. The Morgan fingerprint density at radius 2 is 2.21 bits per heavy atom. The van der Waals surface area contributed by atoms with Gasteiger partial charge in [-0.1, -0.05) is 0 Å². The molecule has 2 bridgehead atoms. The molecule has 108 valence electrons. The molecule has 1 N–H and O–H groups in total. The molecule has 0 aromatic heterocycles. The Labute approximate surface area is 118 Å². The fourth-order valence-corrected chi connectivity index (χ4v) is 4.26. The van der Waals surface area contributed by atoms with Crippen LogP contribution in [0.1, 0.15) is 44.9 Å². The van der Waals surface area contributed by atoms with E-state index < -0.39 is 5.97 Å². The van der Waals surface area contributed by atoms with Crippen LogP contribution in [0.4, 0.5) is 0 Å². The summed E-state index contributed by atoms with van der Waals surface area (Å²) in [4.78, 5) is 21.8. The van der Waals surface area contributed by atoms with Crippen molar-refractivity contribution in [1.82, 2.24) is 0 Å². The lowest BCUT2D eigenvalue weighted by Crippen LogP contribution is -2.34. The number of thioether (sulfide) groups is 1. The van der Waals surface area contributed by atoms with Gasteiger partial charge < -0.3 is 14.6 Å². The molecule has 2 fully saturated rings. The molecule has 0 amide bonds. The monoisotopic (exact) mass is 286 g/mol. The molecule has 3 unspecified atom stereocenters. The van der Waals surface area contributed by atoms with Gasteiger partial charge in [-0.05, 0) is 50.0 Å². The summed E-state index contributed by atoms with van der Waals surface area (Å²) in [7, 11) is 0. The number of hydrogen-bond acceptors (Lipinski definition) is 4. The van der Waals surface area contributed by atoms with Gasteiger partial charge in [0.15, 0.2) is 0 Å². The molecule has 2 aliphatic rings. The van der Waals surface area contributed by atoms with Crippen molar-refractivity contribution in [2.24, 2.45) is 5.41 Å². The predicted octanol–water partition coefficient (Wildman–Crippen LogP) is 2.50. The van der Waals surface area contributed by atoms with Gasteiger partial charge >= 0.3 is 5.97 Å². The van der Waals surface area contributed by atoms with Crippen molar-refractivity contribution in [2.75, 3.05) is 11.5 Å². The second-order valence-corrected chi connectivity index (χ2v) is 6.82. The number of carboxylic acids is 1. The van der Waals surface area contributed by atoms with Gasteiger partial charge in [-0.3, -0.25) is 4.79 Å². The number of carbonyl (C=O) groups is 2. The van der Waals surface area contributed by atoms with Gasteiger partial charge in [-0.15, -0.1) is 0 Å². The summed E-state index contributed by atoms with van der Waals surface area (Å²) in [5.41, 5.74) is -0.225. The fraction of sp³-hybridized carbons (Fsp3) is 0.857. The van der Waals surface area contributed by atoms with E-state index in [-0.39, 0.29) is 17.9 Å². The smallest absolute Gasteiger partial charge is 0.303 e. The molecule has 4 nitrogen and oxygen atoms in total.